The molecule has 0 spiro atoms. The zero-order chi connectivity index (χ0) is 17.4. The van der Waals surface area contributed by atoms with Gasteiger partial charge in [0, 0.05) is 33.7 Å². The number of carbonyl (C=O) groups is 1. The third-order valence-corrected chi connectivity index (χ3v) is 5.39. The van der Waals surface area contributed by atoms with Crippen LogP contribution in [0.5, 0.6) is 0 Å². The van der Waals surface area contributed by atoms with E-state index in [-0.39, 0.29) is 6.04 Å². The number of hydrogen-bond acceptors (Lipinski definition) is 2. The Labute approximate surface area is 154 Å². The molecule has 1 aliphatic rings. The molecule has 1 heterocycles. The first-order valence-corrected chi connectivity index (χ1v) is 9.27. The van der Waals surface area contributed by atoms with Crippen molar-refractivity contribution in [3.05, 3.63) is 69.3 Å². The molecule has 128 valence electrons. The predicted octanol–water partition coefficient (Wildman–Crippen LogP) is 4.80. The van der Waals surface area contributed by atoms with Crippen molar-refractivity contribution in [2.75, 3.05) is 0 Å². The highest BCUT2D eigenvalue weighted by molar-refractivity contribution is 9.10. The van der Waals surface area contributed by atoms with E-state index < -0.39 is 5.97 Å². The van der Waals surface area contributed by atoms with Gasteiger partial charge in [0.05, 0.1) is 5.56 Å². The lowest BCUT2D eigenvalue weighted by Gasteiger charge is -2.24. The largest absolute Gasteiger partial charge is 0.478 e. The zero-order valence-electron chi connectivity index (χ0n) is 13.7. The molecule has 4 rings (SSSR count). The summed E-state index contributed by atoms with van der Waals surface area (Å²) in [6, 6.07) is 13.8. The quantitative estimate of drug-likeness (QED) is 0.591. The molecule has 4 nitrogen and oxygen atoms in total. The molecule has 3 N–H and O–H groups in total. The van der Waals surface area contributed by atoms with Gasteiger partial charge < -0.3 is 15.4 Å². The molecule has 0 bridgehead atoms. The second-order valence-electron chi connectivity index (χ2n) is 6.54. The van der Waals surface area contributed by atoms with Crippen LogP contribution in [0.3, 0.4) is 0 Å². The van der Waals surface area contributed by atoms with E-state index in [2.05, 4.69) is 44.4 Å². The number of hydrogen-bond donors (Lipinski definition) is 3. The minimum absolute atomic E-state index is 0.267. The van der Waals surface area contributed by atoms with Crippen LogP contribution in [0.4, 0.5) is 0 Å². The van der Waals surface area contributed by atoms with Gasteiger partial charge in [-0.1, -0.05) is 28.1 Å². The van der Waals surface area contributed by atoms with Crippen LogP contribution in [-0.2, 0) is 13.0 Å². The van der Waals surface area contributed by atoms with Crippen LogP contribution in [0, 0.1) is 0 Å². The number of fused-ring (bicyclic) bond motifs is 3. The molecule has 2 aromatic carbocycles. The Morgan fingerprint density at radius 2 is 2.16 bits per heavy atom. The summed E-state index contributed by atoms with van der Waals surface area (Å²) in [7, 11) is 0. The van der Waals surface area contributed by atoms with Crippen molar-refractivity contribution in [2.45, 2.75) is 31.8 Å². The lowest BCUT2D eigenvalue weighted by atomic mass is 9.91. The van der Waals surface area contributed by atoms with Gasteiger partial charge in [-0.05, 0) is 60.7 Å². The second kappa shape index (κ2) is 6.65. The van der Waals surface area contributed by atoms with Crippen LogP contribution in [0.2, 0.25) is 0 Å². The maximum atomic E-state index is 11.1. The van der Waals surface area contributed by atoms with Crippen LogP contribution in [0.1, 0.15) is 46.1 Å². The molecule has 0 radical (unpaired) electrons. The van der Waals surface area contributed by atoms with Gasteiger partial charge in [0.2, 0.25) is 0 Å². The van der Waals surface area contributed by atoms with Gasteiger partial charge in [0.25, 0.3) is 0 Å². The maximum absolute atomic E-state index is 11.1. The van der Waals surface area contributed by atoms with E-state index in [1.165, 1.54) is 22.2 Å². The van der Waals surface area contributed by atoms with E-state index in [0.717, 1.165) is 29.3 Å². The van der Waals surface area contributed by atoms with Gasteiger partial charge in [-0.15, -0.1) is 0 Å². The van der Waals surface area contributed by atoms with Crippen LogP contribution in [0.25, 0.3) is 10.9 Å². The van der Waals surface area contributed by atoms with Crippen molar-refractivity contribution in [2.24, 2.45) is 0 Å². The average Bonchev–Trinajstić information content (AvgIpc) is 2.98. The number of aromatic nitrogens is 1. The van der Waals surface area contributed by atoms with Gasteiger partial charge in [0.15, 0.2) is 0 Å². The Hall–Kier alpha value is -2.11. The summed E-state index contributed by atoms with van der Waals surface area (Å²) in [5.41, 5.74) is 5.17. The fourth-order valence-electron chi connectivity index (χ4n) is 3.69. The molecule has 0 fully saturated rings. The summed E-state index contributed by atoms with van der Waals surface area (Å²) in [4.78, 5) is 14.7. The van der Waals surface area contributed by atoms with Crippen molar-refractivity contribution >= 4 is 32.8 Å². The third-order valence-electron chi connectivity index (χ3n) is 4.90. The van der Waals surface area contributed by atoms with Crippen LogP contribution < -0.4 is 5.32 Å². The van der Waals surface area contributed by atoms with E-state index in [9.17, 15) is 4.79 Å². The van der Waals surface area contributed by atoms with Crippen molar-refractivity contribution in [1.82, 2.24) is 10.3 Å². The highest BCUT2D eigenvalue weighted by Crippen LogP contribution is 2.35. The summed E-state index contributed by atoms with van der Waals surface area (Å²) in [5, 5.41) is 14.0. The highest BCUT2D eigenvalue weighted by atomic mass is 79.9. The lowest BCUT2D eigenvalue weighted by molar-refractivity contribution is 0.0696. The number of aryl methyl sites for hydroxylation is 1. The molecular formula is C20H19BrN2O2. The number of carboxylic acids is 1. The van der Waals surface area contributed by atoms with Crippen LogP contribution in [0.15, 0.2) is 46.9 Å². The summed E-state index contributed by atoms with van der Waals surface area (Å²) < 4.78 is 1.10. The summed E-state index contributed by atoms with van der Waals surface area (Å²) in [6.45, 7) is 0.657. The molecule has 1 aliphatic carbocycles. The van der Waals surface area contributed by atoms with Gasteiger partial charge in [-0.25, -0.2) is 4.79 Å². The Bertz CT molecular complexity index is 948. The van der Waals surface area contributed by atoms with Crippen molar-refractivity contribution in [1.29, 1.82) is 0 Å². The zero-order valence-corrected chi connectivity index (χ0v) is 15.3. The molecule has 25 heavy (non-hydrogen) atoms. The van der Waals surface area contributed by atoms with Crippen molar-refractivity contribution in [3.63, 3.8) is 0 Å². The number of halogens is 1. The normalized spacial score (nSPS) is 16.8. The number of aromatic amines is 1. The smallest absolute Gasteiger partial charge is 0.335 e. The molecule has 1 atom stereocenters. The van der Waals surface area contributed by atoms with Gasteiger partial charge in [0.1, 0.15) is 0 Å². The van der Waals surface area contributed by atoms with E-state index >= 15 is 0 Å². The number of benzene rings is 2. The van der Waals surface area contributed by atoms with Gasteiger partial charge in [-0.2, -0.15) is 0 Å². The van der Waals surface area contributed by atoms with E-state index in [1.807, 2.05) is 6.07 Å². The monoisotopic (exact) mass is 398 g/mol. The maximum Gasteiger partial charge on any atom is 0.335 e. The molecule has 1 unspecified atom stereocenters. The van der Waals surface area contributed by atoms with Crippen LogP contribution >= 0.6 is 15.9 Å². The Morgan fingerprint density at radius 3 is 3.00 bits per heavy atom. The number of nitrogens with one attached hydrogen (secondary N) is 2. The molecular weight excluding hydrogens is 380 g/mol. The number of aromatic carboxylic acids is 1. The first kappa shape index (κ1) is 16.4. The molecule has 3 aromatic rings. The number of rotatable bonds is 4. The van der Waals surface area contributed by atoms with Gasteiger partial charge in [-0.3, -0.25) is 0 Å². The minimum atomic E-state index is -0.886. The lowest BCUT2D eigenvalue weighted by Crippen LogP contribution is -2.25. The molecule has 1 aromatic heterocycles. The summed E-state index contributed by atoms with van der Waals surface area (Å²) in [5.74, 6) is -0.886. The first-order valence-electron chi connectivity index (χ1n) is 8.47. The highest BCUT2D eigenvalue weighted by Gasteiger charge is 2.24. The Morgan fingerprint density at radius 1 is 1.28 bits per heavy atom. The molecule has 5 heteroatoms. The van der Waals surface area contributed by atoms with E-state index in [4.69, 9.17) is 5.11 Å². The second-order valence-corrected chi connectivity index (χ2v) is 7.45. The molecule has 0 saturated heterocycles. The molecule has 0 aliphatic heterocycles. The van der Waals surface area contributed by atoms with Crippen molar-refractivity contribution in [3.8, 4) is 0 Å². The van der Waals surface area contributed by atoms with Crippen molar-refractivity contribution < 1.29 is 9.90 Å². The standard InChI is InChI=1S/C20H19BrN2O2/c21-14-7-8-17-16(10-14)15-5-2-6-18(19(15)23-17)22-11-12-3-1-4-13(9-12)20(24)25/h1,3-4,7-10,18,22-23H,2,5-6,11H2,(H,24,25). The number of carboxylic acid groups (broad SMARTS) is 1. The average molecular weight is 399 g/mol. The Balaban J connectivity index is 1.58. The summed E-state index contributed by atoms with van der Waals surface area (Å²) in [6.07, 6.45) is 3.33. The SMILES string of the molecule is O=C(O)c1cccc(CNC2CCCc3c2[nH]c2ccc(Br)cc32)c1. The fraction of sp³-hybridized carbons (Fsp3) is 0.250. The summed E-state index contributed by atoms with van der Waals surface area (Å²) >= 11 is 3.56. The third kappa shape index (κ3) is 3.22. The van der Waals surface area contributed by atoms with Crippen LogP contribution in [-0.4, -0.2) is 16.1 Å². The minimum Gasteiger partial charge on any atom is -0.478 e. The predicted molar refractivity (Wildman–Crippen MR) is 102 cm³/mol. The molecule has 0 saturated carbocycles. The fourth-order valence-corrected chi connectivity index (χ4v) is 4.06. The van der Waals surface area contributed by atoms with E-state index in [0.29, 0.717) is 12.1 Å². The first-order chi connectivity index (χ1) is 12.1. The molecule has 0 amide bonds. The van der Waals surface area contributed by atoms with Gasteiger partial charge >= 0.3 is 5.97 Å². The Kier molecular flexibility index (Phi) is 4.36. The topological polar surface area (TPSA) is 65.1 Å². The number of H-pyrrole nitrogens is 1. The van der Waals surface area contributed by atoms with E-state index in [1.54, 1.807) is 18.2 Å².